The summed E-state index contributed by atoms with van der Waals surface area (Å²) in [7, 11) is 4.64. The van der Waals surface area contributed by atoms with E-state index in [1.807, 2.05) is 0 Å². The van der Waals surface area contributed by atoms with Crippen LogP contribution in [0.15, 0.2) is 18.2 Å². The summed E-state index contributed by atoms with van der Waals surface area (Å²) >= 11 is 0. The number of carbonyl (C=O) groups is 1. The van der Waals surface area contributed by atoms with Crippen molar-refractivity contribution < 1.29 is 23.7 Å². The molecule has 0 aliphatic carbocycles. The van der Waals surface area contributed by atoms with Gasteiger partial charge in [-0.1, -0.05) is 39.2 Å². The number of rotatable bonds is 11. The summed E-state index contributed by atoms with van der Waals surface area (Å²) in [6, 6.07) is 5.30. The Morgan fingerprint density at radius 3 is 2.32 bits per heavy atom. The van der Waals surface area contributed by atoms with Crippen LogP contribution in [-0.2, 0) is 19.9 Å². The molecule has 5 nitrogen and oxygen atoms in total. The number of ether oxygens (including phenoxy) is 4. The molecule has 1 aromatic carbocycles. The van der Waals surface area contributed by atoms with Crippen LogP contribution < -0.4 is 9.47 Å². The van der Waals surface area contributed by atoms with Crippen LogP contribution >= 0.6 is 0 Å². The first kappa shape index (κ1) is 21.3. The maximum Gasteiger partial charge on any atom is 0.342 e. The fourth-order valence-corrected chi connectivity index (χ4v) is 2.68. The third-order valence-electron chi connectivity index (χ3n) is 4.73. The third kappa shape index (κ3) is 5.36. The zero-order chi connectivity index (χ0) is 18.9. The largest absolute Gasteiger partial charge is 0.493 e. The molecule has 0 fully saturated rings. The molecule has 0 saturated carbocycles. The molecule has 0 N–H and O–H groups in total. The topological polar surface area (TPSA) is 54.0 Å². The van der Waals surface area contributed by atoms with Crippen molar-refractivity contribution in [3.63, 3.8) is 0 Å². The molecule has 1 rings (SSSR count). The third-order valence-corrected chi connectivity index (χ3v) is 4.73. The second-order valence-corrected chi connectivity index (χ2v) is 6.32. The molecule has 0 spiro atoms. The average Bonchev–Trinajstić information content (AvgIpc) is 2.66. The van der Waals surface area contributed by atoms with E-state index in [-0.39, 0.29) is 0 Å². The average molecular weight is 352 g/mol. The van der Waals surface area contributed by atoms with Crippen molar-refractivity contribution >= 4 is 5.97 Å². The Morgan fingerprint density at radius 1 is 1.12 bits per heavy atom. The molecule has 5 heteroatoms. The Kier molecular flexibility index (Phi) is 8.76. The van der Waals surface area contributed by atoms with Gasteiger partial charge in [-0.3, -0.25) is 0 Å². The van der Waals surface area contributed by atoms with Gasteiger partial charge in [0.15, 0.2) is 17.1 Å². The van der Waals surface area contributed by atoms with Crippen molar-refractivity contribution in [1.29, 1.82) is 0 Å². The number of esters is 1. The molecule has 142 valence electrons. The van der Waals surface area contributed by atoms with Gasteiger partial charge in [0.1, 0.15) is 0 Å². The van der Waals surface area contributed by atoms with Gasteiger partial charge in [-0.05, 0) is 37.0 Å². The first-order valence-electron chi connectivity index (χ1n) is 8.91. The van der Waals surface area contributed by atoms with Gasteiger partial charge in [0.2, 0.25) is 0 Å². The van der Waals surface area contributed by atoms with E-state index < -0.39 is 11.6 Å². The van der Waals surface area contributed by atoms with Crippen molar-refractivity contribution in [2.75, 3.05) is 27.9 Å². The van der Waals surface area contributed by atoms with Gasteiger partial charge in [0.25, 0.3) is 0 Å². The lowest BCUT2D eigenvalue weighted by Crippen LogP contribution is -2.37. The van der Waals surface area contributed by atoms with Crippen molar-refractivity contribution in [2.45, 2.75) is 52.1 Å². The SMILES string of the molecule is CCCCC(CC)COC(=O)C(C)(OC)c1ccc(OC)c(OC)c1. The highest BCUT2D eigenvalue weighted by Crippen LogP contribution is 2.34. The molecular formula is C20H32O5. The Morgan fingerprint density at radius 2 is 1.80 bits per heavy atom. The Balaban J connectivity index is 2.91. The lowest BCUT2D eigenvalue weighted by Gasteiger charge is -2.28. The van der Waals surface area contributed by atoms with E-state index in [0.717, 1.165) is 25.7 Å². The molecule has 0 heterocycles. The minimum atomic E-state index is -1.19. The predicted molar refractivity (Wildman–Crippen MR) is 98.2 cm³/mol. The molecule has 0 aromatic heterocycles. The van der Waals surface area contributed by atoms with Gasteiger partial charge < -0.3 is 18.9 Å². The number of benzene rings is 1. The number of hydrogen-bond acceptors (Lipinski definition) is 5. The molecular weight excluding hydrogens is 320 g/mol. The Labute approximate surface area is 151 Å². The zero-order valence-corrected chi connectivity index (χ0v) is 16.4. The van der Waals surface area contributed by atoms with Gasteiger partial charge in [-0.25, -0.2) is 4.79 Å². The number of methoxy groups -OCH3 is 3. The van der Waals surface area contributed by atoms with Crippen LogP contribution in [0, 0.1) is 5.92 Å². The fourth-order valence-electron chi connectivity index (χ4n) is 2.68. The molecule has 0 radical (unpaired) electrons. The van der Waals surface area contributed by atoms with Crippen LogP contribution in [0.5, 0.6) is 11.5 Å². The van der Waals surface area contributed by atoms with Gasteiger partial charge in [0.05, 0.1) is 20.8 Å². The first-order valence-corrected chi connectivity index (χ1v) is 8.91. The van der Waals surface area contributed by atoms with Gasteiger partial charge in [0, 0.05) is 7.11 Å². The van der Waals surface area contributed by atoms with Crippen molar-refractivity contribution in [3.05, 3.63) is 23.8 Å². The Bertz CT molecular complexity index is 543. The van der Waals surface area contributed by atoms with Gasteiger partial charge in [-0.15, -0.1) is 0 Å². The molecule has 2 atom stereocenters. The van der Waals surface area contributed by atoms with Crippen LogP contribution in [0.1, 0.15) is 52.0 Å². The molecule has 0 bridgehead atoms. The summed E-state index contributed by atoms with van der Waals surface area (Å²) in [5.74, 6) is 1.14. The van der Waals surface area contributed by atoms with Crippen LogP contribution in [0.3, 0.4) is 0 Å². The normalized spacial score (nSPS) is 14.5. The highest BCUT2D eigenvalue weighted by atomic mass is 16.6. The van der Waals surface area contributed by atoms with E-state index in [2.05, 4.69) is 13.8 Å². The molecule has 0 aliphatic rings. The maximum atomic E-state index is 12.7. The summed E-state index contributed by atoms with van der Waals surface area (Å²) in [6.07, 6.45) is 4.35. The summed E-state index contributed by atoms with van der Waals surface area (Å²) in [5, 5.41) is 0. The fraction of sp³-hybridized carbons (Fsp3) is 0.650. The van der Waals surface area contributed by atoms with Crippen LogP contribution in [0.2, 0.25) is 0 Å². The number of unbranched alkanes of at least 4 members (excludes halogenated alkanes) is 1. The highest BCUT2D eigenvalue weighted by molar-refractivity contribution is 5.81. The lowest BCUT2D eigenvalue weighted by atomic mass is 9.95. The van der Waals surface area contributed by atoms with Gasteiger partial charge in [-0.2, -0.15) is 0 Å². The number of hydrogen-bond donors (Lipinski definition) is 0. The number of carbonyl (C=O) groups excluding carboxylic acids is 1. The van der Waals surface area contributed by atoms with Crippen molar-refractivity contribution in [1.82, 2.24) is 0 Å². The summed E-state index contributed by atoms with van der Waals surface area (Å²) in [4.78, 5) is 12.7. The van der Waals surface area contributed by atoms with Crippen LogP contribution in [0.25, 0.3) is 0 Å². The Hall–Kier alpha value is -1.75. The molecule has 0 aliphatic heterocycles. The van der Waals surface area contributed by atoms with Crippen molar-refractivity contribution in [3.8, 4) is 11.5 Å². The van der Waals surface area contributed by atoms with Gasteiger partial charge >= 0.3 is 5.97 Å². The van der Waals surface area contributed by atoms with Crippen LogP contribution in [-0.4, -0.2) is 33.9 Å². The van der Waals surface area contributed by atoms with E-state index in [4.69, 9.17) is 18.9 Å². The summed E-state index contributed by atoms with van der Waals surface area (Å²) in [6.45, 7) is 6.42. The van der Waals surface area contributed by atoms with E-state index in [1.54, 1.807) is 39.3 Å². The molecule has 2 unspecified atom stereocenters. The van der Waals surface area contributed by atoms with Crippen LogP contribution in [0.4, 0.5) is 0 Å². The maximum absolute atomic E-state index is 12.7. The van der Waals surface area contributed by atoms with Crippen molar-refractivity contribution in [2.24, 2.45) is 5.92 Å². The smallest absolute Gasteiger partial charge is 0.342 e. The van der Waals surface area contributed by atoms with E-state index in [9.17, 15) is 4.79 Å². The molecule has 1 aromatic rings. The summed E-state index contributed by atoms with van der Waals surface area (Å²) < 4.78 is 21.7. The monoisotopic (exact) mass is 352 g/mol. The first-order chi connectivity index (χ1) is 12.0. The molecule has 0 saturated heterocycles. The standard InChI is InChI=1S/C20H32O5/c1-7-9-10-15(8-2)14-25-19(21)20(3,24-6)16-11-12-17(22-4)18(13-16)23-5/h11-13,15H,7-10,14H2,1-6H3. The van der Waals surface area contributed by atoms with E-state index in [0.29, 0.717) is 29.6 Å². The summed E-state index contributed by atoms with van der Waals surface area (Å²) in [5.41, 5.74) is -0.526. The molecule has 25 heavy (non-hydrogen) atoms. The predicted octanol–water partition coefficient (Wildman–Crippen LogP) is 4.33. The minimum Gasteiger partial charge on any atom is -0.493 e. The zero-order valence-electron chi connectivity index (χ0n) is 16.4. The minimum absolute atomic E-state index is 0.385. The highest BCUT2D eigenvalue weighted by Gasteiger charge is 2.38. The second-order valence-electron chi connectivity index (χ2n) is 6.32. The van der Waals surface area contributed by atoms with E-state index in [1.165, 1.54) is 7.11 Å². The second kappa shape index (κ2) is 10.3. The quantitative estimate of drug-likeness (QED) is 0.555. The van der Waals surface area contributed by atoms with E-state index >= 15 is 0 Å². The lowest BCUT2D eigenvalue weighted by molar-refractivity contribution is -0.170. The molecule has 0 amide bonds.